The number of methoxy groups -OCH3 is 1. The molecule has 0 amide bonds. The number of phenolic OH excluding ortho intramolecular Hbond substituents is 1. The average Bonchev–Trinajstić information content (AvgIpc) is 2.49. The van der Waals surface area contributed by atoms with Crippen LogP contribution in [0.4, 0.5) is 11.4 Å². The Balaban J connectivity index is 2.23. The van der Waals surface area contributed by atoms with Gasteiger partial charge in [-0.25, -0.2) is 0 Å². The van der Waals surface area contributed by atoms with Gasteiger partial charge in [0.2, 0.25) is 5.75 Å². The Morgan fingerprint density at radius 3 is 2.67 bits per heavy atom. The van der Waals surface area contributed by atoms with E-state index in [0.717, 1.165) is 5.69 Å². The predicted molar refractivity (Wildman–Crippen MR) is 79.0 cm³/mol. The highest BCUT2D eigenvalue weighted by molar-refractivity contribution is 5.83. The molecule has 2 rings (SSSR count). The number of aromatic hydroxyl groups is 1. The molecule has 0 radical (unpaired) electrons. The largest absolute Gasteiger partial charge is 0.500 e. The van der Waals surface area contributed by atoms with Crippen molar-refractivity contribution in [2.24, 2.45) is 5.10 Å². The number of hydrogen-bond donors (Lipinski definition) is 2. The van der Waals surface area contributed by atoms with Crippen LogP contribution < -0.4 is 10.2 Å². The first kappa shape index (κ1) is 14.3. The molecule has 7 nitrogen and oxygen atoms in total. The third-order valence-electron chi connectivity index (χ3n) is 2.67. The number of rotatable bonds is 5. The smallest absolute Gasteiger partial charge is 0.315 e. The minimum Gasteiger partial charge on any atom is -0.500 e. The van der Waals surface area contributed by atoms with Gasteiger partial charge in [0.15, 0.2) is 5.75 Å². The number of hydrogen-bond acceptors (Lipinski definition) is 6. The summed E-state index contributed by atoms with van der Waals surface area (Å²) >= 11 is 0. The monoisotopic (exact) mass is 287 g/mol. The van der Waals surface area contributed by atoms with E-state index in [1.807, 2.05) is 30.3 Å². The van der Waals surface area contributed by atoms with Gasteiger partial charge in [0.1, 0.15) is 0 Å². The van der Waals surface area contributed by atoms with Crippen molar-refractivity contribution in [3.8, 4) is 11.5 Å². The van der Waals surface area contributed by atoms with E-state index in [-0.39, 0.29) is 5.75 Å². The number of nitrogens with one attached hydrogen (secondary N) is 1. The fraction of sp³-hybridized carbons (Fsp3) is 0.0714. The van der Waals surface area contributed by atoms with Crippen LogP contribution in [0.3, 0.4) is 0 Å². The second kappa shape index (κ2) is 6.38. The molecule has 0 fully saturated rings. The molecule has 7 heteroatoms. The summed E-state index contributed by atoms with van der Waals surface area (Å²) < 4.78 is 4.90. The molecule has 0 saturated heterocycles. The summed E-state index contributed by atoms with van der Waals surface area (Å²) in [5.41, 5.74) is 3.57. The van der Waals surface area contributed by atoms with E-state index < -0.39 is 16.4 Å². The van der Waals surface area contributed by atoms with Gasteiger partial charge in [-0.05, 0) is 18.2 Å². The highest BCUT2D eigenvalue weighted by Crippen LogP contribution is 2.36. The second-order valence-electron chi connectivity index (χ2n) is 4.08. The first-order chi connectivity index (χ1) is 10.1. The number of anilines is 1. The lowest BCUT2D eigenvalue weighted by molar-refractivity contribution is -0.386. The highest BCUT2D eigenvalue weighted by Gasteiger charge is 2.19. The van der Waals surface area contributed by atoms with Gasteiger partial charge >= 0.3 is 5.69 Å². The Bertz CT molecular complexity index is 671. The van der Waals surface area contributed by atoms with Crippen LogP contribution in [-0.2, 0) is 0 Å². The van der Waals surface area contributed by atoms with Crippen LogP contribution in [0.2, 0.25) is 0 Å². The van der Waals surface area contributed by atoms with E-state index in [2.05, 4.69) is 10.5 Å². The van der Waals surface area contributed by atoms with Crippen molar-refractivity contribution in [3.63, 3.8) is 0 Å². The fourth-order valence-corrected chi connectivity index (χ4v) is 1.68. The van der Waals surface area contributed by atoms with Crippen LogP contribution in [0.25, 0.3) is 0 Å². The molecule has 2 aromatic rings. The number of para-hydroxylation sites is 1. The standard InChI is InChI=1S/C14H13N3O4/c1-21-13-8-10(7-12(14(13)18)17(19)20)9-15-16-11-5-3-2-4-6-11/h2-9,16,18H,1H3. The summed E-state index contributed by atoms with van der Waals surface area (Å²) in [5.74, 6) is -0.485. The Kier molecular flexibility index (Phi) is 4.35. The van der Waals surface area contributed by atoms with Gasteiger partial charge in [-0.3, -0.25) is 15.5 Å². The maximum absolute atomic E-state index is 10.9. The molecule has 0 spiro atoms. The van der Waals surface area contributed by atoms with Crippen molar-refractivity contribution in [3.05, 3.63) is 58.1 Å². The highest BCUT2D eigenvalue weighted by atomic mass is 16.6. The number of hydrazone groups is 1. The molecule has 2 aromatic carbocycles. The molecule has 0 aliphatic heterocycles. The van der Waals surface area contributed by atoms with Gasteiger partial charge in [0.05, 0.1) is 23.9 Å². The van der Waals surface area contributed by atoms with Crippen LogP contribution in [0.15, 0.2) is 47.6 Å². The van der Waals surface area contributed by atoms with Crippen molar-refractivity contribution in [1.29, 1.82) is 0 Å². The summed E-state index contributed by atoms with van der Waals surface area (Å²) in [4.78, 5) is 10.2. The van der Waals surface area contributed by atoms with Crippen LogP contribution in [0.5, 0.6) is 11.5 Å². The lowest BCUT2D eigenvalue weighted by Crippen LogP contribution is -1.96. The molecule has 0 unspecified atom stereocenters. The van der Waals surface area contributed by atoms with E-state index in [1.165, 1.54) is 25.5 Å². The number of benzene rings is 2. The summed E-state index contributed by atoms with van der Waals surface area (Å²) in [6, 6.07) is 11.9. The molecule has 0 atom stereocenters. The number of nitro groups is 1. The maximum atomic E-state index is 10.9. The van der Waals surface area contributed by atoms with Crippen molar-refractivity contribution in [2.45, 2.75) is 0 Å². The quantitative estimate of drug-likeness (QED) is 0.500. The fourth-order valence-electron chi connectivity index (χ4n) is 1.68. The first-order valence-corrected chi connectivity index (χ1v) is 6.01. The molecule has 2 N–H and O–H groups in total. The van der Waals surface area contributed by atoms with E-state index >= 15 is 0 Å². The van der Waals surface area contributed by atoms with E-state index in [4.69, 9.17) is 4.74 Å². The Morgan fingerprint density at radius 1 is 1.33 bits per heavy atom. The summed E-state index contributed by atoms with van der Waals surface area (Å²) in [7, 11) is 1.32. The Labute approximate surface area is 120 Å². The Hall–Kier alpha value is -3.09. The molecule has 0 saturated carbocycles. The molecule has 0 aliphatic rings. The third-order valence-corrected chi connectivity index (χ3v) is 2.67. The van der Waals surface area contributed by atoms with Gasteiger partial charge in [-0.2, -0.15) is 5.10 Å². The molecular formula is C14H13N3O4. The number of ether oxygens (including phenoxy) is 1. The molecule has 0 heterocycles. The Morgan fingerprint density at radius 2 is 2.05 bits per heavy atom. The third kappa shape index (κ3) is 3.47. The van der Waals surface area contributed by atoms with Gasteiger partial charge in [-0.15, -0.1) is 0 Å². The van der Waals surface area contributed by atoms with Crippen LogP contribution in [0, 0.1) is 10.1 Å². The molecule has 21 heavy (non-hydrogen) atoms. The SMILES string of the molecule is COc1cc(C=NNc2ccccc2)cc([N+](=O)[O-])c1O. The molecular weight excluding hydrogens is 274 g/mol. The lowest BCUT2D eigenvalue weighted by Gasteiger charge is -2.05. The average molecular weight is 287 g/mol. The van der Waals surface area contributed by atoms with Crippen molar-refractivity contribution >= 4 is 17.6 Å². The summed E-state index contributed by atoms with van der Waals surface area (Å²) in [6.45, 7) is 0. The molecule has 108 valence electrons. The van der Waals surface area contributed by atoms with Gasteiger partial charge in [0, 0.05) is 11.6 Å². The molecule has 0 bridgehead atoms. The van der Waals surface area contributed by atoms with E-state index in [9.17, 15) is 15.2 Å². The van der Waals surface area contributed by atoms with Crippen molar-refractivity contribution in [1.82, 2.24) is 0 Å². The molecule has 0 aliphatic carbocycles. The predicted octanol–water partition coefficient (Wildman–Crippen LogP) is 2.76. The van der Waals surface area contributed by atoms with Crippen molar-refractivity contribution < 1.29 is 14.8 Å². The molecule has 0 aromatic heterocycles. The summed E-state index contributed by atoms with van der Waals surface area (Å²) in [5, 5.41) is 24.5. The lowest BCUT2D eigenvalue weighted by atomic mass is 10.2. The number of nitro benzene ring substituents is 1. The second-order valence-corrected chi connectivity index (χ2v) is 4.08. The zero-order chi connectivity index (χ0) is 15.2. The first-order valence-electron chi connectivity index (χ1n) is 6.01. The number of phenols is 1. The van der Waals surface area contributed by atoms with Crippen LogP contribution in [0.1, 0.15) is 5.56 Å². The normalized spacial score (nSPS) is 10.5. The zero-order valence-corrected chi connectivity index (χ0v) is 11.2. The zero-order valence-electron chi connectivity index (χ0n) is 11.2. The van der Waals surface area contributed by atoms with Gasteiger partial charge < -0.3 is 9.84 Å². The summed E-state index contributed by atoms with van der Waals surface area (Å²) in [6.07, 6.45) is 1.40. The van der Waals surface area contributed by atoms with E-state index in [0.29, 0.717) is 5.56 Å². The van der Waals surface area contributed by atoms with Crippen LogP contribution in [-0.4, -0.2) is 23.4 Å². The van der Waals surface area contributed by atoms with Crippen LogP contribution >= 0.6 is 0 Å². The maximum Gasteiger partial charge on any atom is 0.315 e. The minimum atomic E-state index is -0.681. The van der Waals surface area contributed by atoms with Crippen molar-refractivity contribution in [2.75, 3.05) is 12.5 Å². The van der Waals surface area contributed by atoms with Gasteiger partial charge in [0.25, 0.3) is 0 Å². The topological polar surface area (TPSA) is 97.0 Å². The number of nitrogens with zero attached hydrogens (tertiary/aromatic N) is 2. The van der Waals surface area contributed by atoms with Gasteiger partial charge in [-0.1, -0.05) is 18.2 Å². The minimum absolute atomic E-state index is 0.0189. The van der Waals surface area contributed by atoms with E-state index in [1.54, 1.807) is 0 Å².